The van der Waals surface area contributed by atoms with E-state index in [2.05, 4.69) is 41.0 Å². The van der Waals surface area contributed by atoms with Gasteiger partial charge in [-0.3, -0.25) is 4.57 Å². The quantitative estimate of drug-likeness (QED) is 0.567. The van der Waals surface area contributed by atoms with Gasteiger partial charge in [-0.25, -0.2) is 4.79 Å². The van der Waals surface area contributed by atoms with Crippen LogP contribution in [-0.2, 0) is 11.3 Å². The molecule has 0 amide bonds. The molecule has 1 aliphatic heterocycles. The second kappa shape index (κ2) is 8.94. The van der Waals surface area contributed by atoms with E-state index >= 15 is 0 Å². The van der Waals surface area contributed by atoms with Crippen molar-refractivity contribution in [3.63, 3.8) is 0 Å². The highest BCUT2D eigenvalue weighted by atomic mass is 16.5. The molecule has 4 N–H and O–H groups in total. The summed E-state index contributed by atoms with van der Waals surface area (Å²) in [4.78, 5) is 24.0. The van der Waals surface area contributed by atoms with Crippen molar-refractivity contribution in [2.75, 3.05) is 24.2 Å². The van der Waals surface area contributed by atoms with Crippen LogP contribution in [0.15, 0.2) is 4.79 Å². The molecule has 2 aromatic rings. The maximum atomic E-state index is 12.4. The van der Waals surface area contributed by atoms with Gasteiger partial charge in [0.25, 0.3) is 0 Å². The van der Waals surface area contributed by atoms with Gasteiger partial charge >= 0.3 is 5.69 Å². The van der Waals surface area contributed by atoms with Gasteiger partial charge in [0.15, 0.2) is 11.5 Å². The second-order valence-corrected chi connectivity index (χ2v) is 8.46. The minimum atomic E-state index is -0.172. The van der Waals surface area contributed by atoms with Crippen LogP contribution in [0.5, 0.6) is 0 Å². The van der Waals surface area contributed by atoms with E-state index in [1.54, 1.807) is 4.57 Å². The lowest BCUT2D eigenvalue weighted by Gasteiger charge is -2.35. The molecule has 3 heterocycles. The molecule has 8 nitrogen and oxygen atoms in total. The lowest BCUT2D eigenvalue weighted by molar-refractivity contribution is -0.0738. The monoisotopic (exact) mass is 390 g/mol. The summed E-state index contributed by atoms with van der Waals surface area (Å²) in [6.45, 7) is 8.74. The van der Waals surface area contributed by atoms with Crippen molar-refractivity contribution in [3.8, 4) is 0 Å². The lowest BCUT2D eigenvalue weighted by atomic mass is 9.85. The van der Waals surface area contributed by atoms with Crippen molar-refractivity contribution >= 4 is 22.9 Å². The van der Waals surface area contributed by atoms with E-state index in [-0.39, 0.29) is 11.3 Å². The first-order valence-corrected chi connectivity index (χ1v) is 10.5. The number of unbranched alkanes of at least 4 members (excludes halogenated alkanes) is 2. The molecule has 1 unspecified atom stereocenters. The Kier molecular flexibility index (Phi) is 6.59. The van der Waals surface area contributed by atoms with Gasteiger partial charge in [0.2, 0.25) is 5.95 Å². The van der Waals surface area contributed by atoms with Crippen molar-refractivity contribution in [2.45, 2.75) is 77.9 Å². The number of fused-ring (bicyclic) bond motifs is 1. The Labute approximate surface area is 166 Å². The van der Waals surface area contributed by atoms with Crippen molar-refractivity contribution in [3.05, 3.63) is 10.5 Å². The Hall–Kier alpha value is -2.09. The first kappa shape index (κ1) is 20.6. The maximum absolute atomic E-state index is 12.4. The van der Waals surface area contributed by atoms with Gasteiger partial charge in [0.05, 0.1) is 5.60 Å². The fourth-order valence-corrected chi connectivity index (χ4v) is 4.02. The summed E-state index contributed by atoms with van der Waals surface area (Å²) in [6.07, 6.45) is 7.55. The Morgan fingerprint density at radius 1 is 1.32 bits per heavy atom. The van der Waals surface area contributed by atoms with Crippen LogP contribution in [0, 0.1) is 5.92 Å². The summed E-state index contributed by atoms with van der Waals surface area (Å²) in [5.41, 5.74) is 6.97. The van der Waals surface area contributed by atoms with Crippen LogP contribution >= 0.6 is 0 Å². The Balaban J connectivity index is 1.62. The van der Waals surface area contributed by atoms with Crippen molar-refractivity contribution in [1.82, 2.24) is 19.5 Å². The fourth-order valence-electron chi connectivity index (χ4n) is 4.02. The zero-order valence-electron chi connectivity index (χ0n) is 17.4. The van der Waals surface area contributed by atoms with Crippen LogP contribution in [0.3, 0.4) is 0 Å². The normalized spacial score (nSPS) is 19.2. The van der Waals surface area contributed by atoms with Crippen LogP contribution in [0.25, 0.3) is 11.2 Å². The van der Waals surface area contributed by atoms with Gasteiger partial charge in [-0.2, -0.15) is 9.97 Å². The average Bonchev–Trinajstić information content (AvgIpc) is 2.94. The molecular weight excluding hydrogens is 356 g/mol. The average molecular weight is 391 g/mol. The third kappa shape index (κ3) is 5.04. The van der Waals surface area contributed by atoms with Crippen molar-refractivity contribution in [2.24, 2.45) is 5.92 Å². The third-order valence-electron chi connectivity index (χ3n) is 5.51. The minimum Gasteiger partial charge on any atom is -0.382 e. The van der Waals surface area contributed by atoms with Gasteiger partial charge in [-0.05, 0) is 45.4 Å². The smallest absolute Gasteiger partial charge is 0.327 e. The highest BCUT2D eigenvalue weighted by Gasteiger charge is 2.28. The highest BCUT2D eigenvalue weighted by Crippen LogP contribution is 2.31. The molecule has 1 atom stereocenters. The number of nitrogen functional groups attached to an aromatic ring is 1. The Morgan fingerprint density at radius 2 is 2.14 bits per heavy atom. The van der Waals surface area contributed by atoms with Gasteiger partial charge < -0.3 is 20.8 Å². The topological polar surface area (TPSA) is 111 Å². The molecule has 0 radical (unpaired) electrons. The molecule has 1 aliphatic rings. The minimum absolute atomic E-state index is 0.00762. The second-order valence-electron chi connectivity index (χ2n) is 8.46. The predicted molar refractivity (Wildman–Crippen MR) is 113 cm³/mol. The third-order valence-corrected chi connectivity index (χ3v) is 5.51. The van der Waals surface area contributed by atoms with Crippen LogP contribution < -0.4 is 16.7 Å². The number of imidazole rings is 1. The first-order chi connectivity index (χ1) is 13.4. The van der Waals surface area contributed by atoms with E-state index in [0.29, 0.717) is 35.4 Å². The molecular formula is C20H34N6O2. The summed E-state index contributed by atoms with van der Waals surface area (Å²) in [5.74, 6) is 1.50. The molecule has 1 fully saturated rings. The Morgan fingerprint density at radius 3 is 2.89 bits per heavy atom. The predicted octanol–water partition coefficient (Wildman–Crippen LogP) is 3.29. The Bertz CT molecular complexity index is 841. The van der Waals surface area contributed by atoms with E-state index < -0.39 is 0 Å². The number of nitrogens with one attached hydrogen (secondary N) is 2. The summed E-state index contributed by atoms with van der Waals surface area (Å²) in [7, 11) is 0. The maximum Gasteiger partial charge on any atom is 0.327 e. The van der Waals surface area contributed by atoms with E-state index in [1.165, 1.54) is 6.42 Å². The van der Waals surface area contributed by atoms with E-state index in [4.69, 9.17) is 10.5 Å². The number of aromatic amines is 1. The molecule has 0 bridgehead atoms. The molecule has 0 aliphatic carbocycles. The van der Waals surface area contributed by atoms with E-state index in [9.17, 15) is 4.79 Å². The van der Waals surface area contributed by atoms with Crippen LogP contribution in [-0.4, -0.2) is 38.3 Å². The number of hydrogen-bond acceptors (Lipinski definition) is 6. The van der Waals surface area contributed by atoms with Gasteiger partial charge in [-0.1, -0.05) is 26.2 Å². The SMILES string of the molecule is CCCCNc1nc(N)c2[nH]c(=O)n(CCCCC3CCOC(C)(C)C3)c2n1. The van der Waals surface area contributed by atoms with Gasteiger partial charge in [0.1, 0.15) is 5.52 Å². The molecule has 0 aromatic carbocycles. The standard InChI is InChI=1S/C20H34N6O2/c1-4-5-10-22-18-24-16(21)15-17(25-18)26(19(27)23-15)11-7-6-8-14-9-12-28-20(2,3)13-14/h14H,4-13H2,1-3H3,(H,23,27)(H3,21,22,24,25). The summed E-state index contributed by atoms with van der Waals surface area (Å²) < 4.78 is 7.49. The summed E-state index contributed by atoms with van der Waals surface area (Å²) in [5, 5.41) is 3.19. The first-order valence-electron chi connectivity index (χ1n) is 10.5. The molecule has 0 saturated carbocycles. The number of ether oxygens (including phenoxy) is 1. The van der Waals surface area contributed by atoms with Crippen LogP contribution in [0.4, 0.5) is 11.8 Å². The molecule has 1 saturated heterocycles. The number of H-pyrrole nitrogens is 1. The highest BCUT2D eigenvalue weighted by molar-refractivity contribution is 5.82. The number of anilines is 2. The fraction of sp³-hybridized carbons (Fsp3) is 0.750. The van der Waals surface area contributed by atoms with Crippen LogP contribution in [0.2, 0.25) is 0 Å². The summed E-state index contributed by atoms with van der Waals surface area (Å²) in [6, 6.07) is 0. The summed E-state index contributed by atoms with van der Waals surface area (Å²) >= 11 is 0. The molecule has 0 spiro atoms. The molecule has 8 heteroatoms. The van der Waals surface area contributed by atoms with Gasteiger partial charge in [-0.15, -0.1) is 0 Å². The van der Waals surface area contributed by atoms with E-state index in [0.717, 1.165) is 51.7 Å². The number of rotatable bonds is 9. The number of hydrogen-bond donors (Lipinski definition) is 3. The zero-order chi connectivity index (χ0) is 20.1. The largest absolute Gasteiger partial charge is 0.382 e. The van der Waals surface area contributed by atoms with Gasteiger partial charge in [0, 0.05) is 19.7 Å². The molecule has 2 aromatic heterocycles. The number of aryl methyl sites for hydroxylation is 1. The number of aromatic nitrogens is 4. The molecule has 156 valence electrons. The molecule has 3 rings (SSSR count). The van der Waals surface area contributed by atoms with Crippen molar-refractivity contribution < 1.29 is 4.74 Å². The zero-order valence-corrected chi connectivity index (χ0v) is 17.4. The lowest BCUT2D eigenvalue weighted by Crippen LogP contribution is -2.33. The molecule has 28 heavy (non-hydrogen) atoms. The van der Waals surface area contributed by atoms with E-state index in [1.807, 2.05) is 0 Å². The number of nitrogens with two attached hydrogens (primary N) is 1. The van der Waals surface area contributed by atoms with Crippen LogP contribution in [0.1, 0.15) is 65.7 Å². The number of nitrogens with zero attached hydrogens (tertiary/aromatic N) is 3. The van der Waals surface area contributed by atoms with Crippen molar-refractivity contribution in [1.29, 1.82) is 0 Å².